The first-order valence-corrected chi connectivity index (χ1v) is 7.47. The minimum Gasteiger partial charge on any atom is -0.486 e. The van der Waals surface area contributed by atoms with E-state index in [0.717, 1.165) is 0 Å². The van der Waals surface area contributed by atoms with Crippen molar-refractivity contribution in [2.24, 2.45) is 5.41 Å². The van der Waals surface area contributed by atoms with E-state index in [0.29, 0.717) is 43.2 Å². The van der Waals surface area contributed by atoms with Crippen LogP contribution in [-0.4, -0.2) is 61.9 Å². The van der Waals surface area contributed by atoms with Crippen molar-refractivity contribution < 1.29 is 28.9 Å². The Morgan fingerprint density at radius 1 is 1.30 bits per heavy atom. The SMILES string of the molecule is COCC1(C(=O)O)CCN(C(=O)c2ccc3c(c2)OCCO3)C1. The number of amides is 1. The van der Waals surface area contributed by atoms with E-state index in [-0.39, 0.29) is 19.1 Å². The van der Waals surface area contributed by atoms with Crippen LogP contribution in [0, 0.1) is 5.41 Å². The number of aliphatic carboxylic acids is 1. The van der Waals surface area contributed by atoms with Crippen molar-refractivity contribution in [2.45, 2.75) is 6.42 Å². The van der Waals surface area contributed by atoms with Crippen molar-refractivity contribution in [1.82, 2.24) is 4.90 Å². The van der Waals surface area contributed by atoms with Gasteiger partial charge >= 0.3 is 5.97 Å². The number of nitrogens with zero attached hydrogens (tertiary/aromatic N) is 1. The molecule has 23 heavy (non-hydrogen) atoms. The lowest BCUT2D eigenvalue weighted by atomic mass is 9.88. The Labute approximate surface area is 133 Å². The first-order valence-electron chi connectivity index (χ1n) is 7.47. The number of carbonyl (C=O) groups is 2. The summed E-state index contributed by atoms with van der Waals surface area (Å²) in [6.07, 6.45) is 0.381. The molecule has 0 aliphatic carbocycles. The van der Waals surface area contributed by atoms with Crippen molar-refractivity contribution in [3.8, 4) is 11.5 Å². The summed E-state index contributed by atoms with van der Waals surface area (Å²) in [5, 5.41) is 9.47. The summed E-state index contributed by atoms with van der Waals surface area (Å²) < 4.78 is 16.0. The second-order valence-electron chi connectivity index (χ2n) is 5.85. The van der Waals surface area contributed by atoms with Crippen LogP contribution in [0.4, 0.5) is 0 Å². The van der Waals surface area contributed by atoms with Gasteiger partial charge in [0, 0.05) is 25.8 Å². The topological polar surface area (TPSA) is 85.3 Å². The third-order valence-corrected chi connectivity index (χ3v) is 4.30. The molecule has 0 saturated carbocycles. The number of ether oxygens (including phenoxy) is 3. The van der Waals surface area contributed by atoms with Crippen molar-refractivity contribution in [1.29, 1.82) is 0 Å². The van der Waals surface area contributed by atoms with Crippen LogP contribution in [0.3, 0.4) is 0 Å². The highest BCUT2D eigenvalue weighted by Crippen LogP contribution is 2.34. The van der Waals surface area contributed by atoms with Crippen molar-refractivity contribution >= 4 is 11.9 Å². The molecular weight excluding hydrogens is 302 g/mol. The Kier molecular flexibility index (Phi) is 4.12. The summed E-state index contributed by atoms with van der Waals surface area (Å²) >= 11 is 0. The van der Waals surface area contributed by atoms with Gasteiger partial charge in [0.05, 0.1) is 6.61 Å². The van der Waals surface area contributed by atoms with Crippen molar-refractivity contribution in [2.75, 3.05) is 40.0 Å². The average Bonchev–Trinajstić information content (AvgIpc) is 3.00. The number of fused-ring (bicyclic) bond motifs is 1. The maximum atomic E-state index is 12.6. The van der Waals surface area contributed by atoms with E-state index in [1.165, 1.54) is 7.11 Å². The zero-order chi connectivity index (χ0) is 16.4. The average molecular weight is 321 g/mol. The van der Waals surface area contributed by atoms with Crippen LogP contribution in [0.15, 0.2) is 18.2 Å². The number of carboxylic acids is 1. The molecule has 1 unspecified atom stereocenters. The van der Waals surface area contributed by atoms with Gasteiger partial charge in [0.25, 0.3) is 5.91 Å². The largest absolute Gasteiger partial charge is 0.486 e. The van der Waals surface area contributed by atoms with Crippen LogP contribution in [0.2, 0.25) is 0 Å². The van der Waals surface area contributed by atoms with E-state index in [9.17, 15) is 14.7 Å². The lowest BCUT2D eigenvalue weighted by Gasteiger charge is -2.24. The number of carboxylic acid groups (broad SMARTS) is 1. The summed E-state index contributed by atoms with van der Waals surface area (Å²) in [7, 11) is 1.47. The van der Waals surface area contributed by atoms with E-state index in [4.69, 9.17) is 14.2 Å². The van der Waals surface area contributed by atoms with Crippen LogP contribution in [0.25, 0.3) is 0 Å². The van der Waals surface area contributed by atoms with Gasteiger partial charge in [-0.2, -0.15) is 0 Å². The third kappa shape index (κ3) is 2.84. The molecule has 2 heterocycles. The van der Waals surface area contributed by atoms with Crippen LogP contribution in [0.1, 0.15) is 16.8 Å². The molecule has 124 valence electrons. The first kappa shape index (κ1) is 15.6. The lowest BCUT2D eigenvalue weighted by Crippen LogP contribution is -2.40. The fraction of sp³-hybridized carbons (Fsp3) is 0.500. The summed E-state index contributed by atoms with van der Waals surface area (Å²) in [6.45, 7) is 1.56. The summed E-state index contributed by atoms with van der Waals surface area (Å²) in [5.74, 6) is 0.0224. The van der Waals surface area contributed by atoms with E-state index in [2.05, 4.69) is 0 Å². The molecule has 1 fully saturated rings. The second kappa shape index (κ2) is 6.08. The molecule has 1 N–H and O–H groups in total. The van der Waals surface area contributed by atoms with Gasteiger partial charge in [0.15, 0.2) is 11.5 Å². The molecule has 1 amide bonds. The molecule has 0 aromatic heterocycles. The third-order valence-electron chi connectivity index (χ3n) is 4.30. The standard InChI is InChI=1S/C16H19NO6/c1-21-10-16(15(19)20)4-5-17(9-16)14(18)11-2-3-12-13(8-11)23-7-6-22-12/h2-3,8H,4-7,9-10H2,1H3,(H,19,20). The van der Waals surface area contributed by atoms with Gasteiger partial charge in [-0.05, 0) is 24.6 Å². The van der Waals surface area contributed by atoms with Crippen molar-refractivity contribution in [3.63, 3.8) is 0 Å². The van der Waals surface area contributed by atoms with Gasteiger partial charge in [0.2, 0.25) is 0 Å². The number of benzene rings is 1. The predicted octanol–water partition coefficient (Wildman–Crippen LogP) is 1.02. The van der Waals surface area contributed by atoms with E-state index in [1.807, 2.05) is 0 Å². The van der Waals surface area contributed by atoms with Gasteiger partial charge in [-0.25, -0.2) is 0 Å². The van der Waals surface area contributed by atoms with Crippen LogP contribution >= 0.6 is 0 Å². The molecule has 1 saturated heterocycles. The molecule has 0 radical (unpaired) electrons. The molecule has 7 nitrogen and oxygen atoms in total. The Balaban J connectivity index is 1.78. The van der Waals surface area contributed by atoms with Gasteiger partial charge in [-0.15, -0.1) is 0 Å². The number of hydrogen-bond acceptors (Lipinski definition) is 5. The second-order valence-corrected chi connectivity index (χ2v) is 5.85. The Morgan fingerprint density at radius 2 is 2.04 bits per heavy atom. The minimum atomic E-state index is -1.03. The Morgan fingerprint density at radius 3 is 2.74 bits per heavy atom. The van der Waals surface area contributed by atoms with Crippen molar-refractivity contribution in [3.05, 3.63) is 23.8 Å². The molecule has 1 aromatic carbocycles. The molecule has 2 aliphatic rings. The number of hydrogen-bond donors (Lipinski definition) is 1. The van der Waals surface area contributed by atoms with E-state index in [1.54, 1.807) is 23.1 Å². The molecule has 7 heteroatoms. The van der Waals surface area contributed by atoms with Crippen LogP contribution in [0.5, 0.6) is 11.5 Å². The summed E-state index contributed by atoms with van der Waals surface area (Å²) in [6, 6.07) is 5.03. The number of carbonyl (C=O) groups excluding carboxylic acids is 1. The van der Waals surface area contributed by atoms with Gasteiger partial charge in [0.1, 0.15) is 18.6 Å². The highest BCUT2D eigenvalue weighted by molar-refractivity contribution is 5.95. The van der Waals surface area contributed by atoms with E-state index >= 15 is 0 Å². The highest BCUT2D eigenvalue weighted by Gasteiger charge is 2.46. The fourth-order valence-corrected chi connectivity index (χ4v) is 3.04. The predicted molar refractivity (Wildman–Crippen MR) is 79.9 cm³/mol. The molecular formula is C16H19NO6. The monoisotopic (exact) mass is 321 g/mol. The summed E-state index contributed by atoms with van der Waals surface area (Å²) in [5.41, 5.74) is -0.564. The van der Waals surface area contributed by atoms with E-state index < -0.39 is 11.4 Å². The molecule has 0 bridgehead atoms. The van der Waals surface area contributed by atoms with Crippen LogP contribution in [-0.2, 0) is 9.53 Å². The molecule has 1 atom stereocenters. The zero-order valence-corrected chi connectivity index (χ0v) is 12.9. The number of methoxy groups -OCH3 is 1. The van der Waals surface area contributed by atoms with Gasteiger partial charge in [-0.1, -0.05) is 0 Å². The number of rotatable bonds is 4. The summed E-state index contributed by atoms with van der Waals surface area (Å²) in [4.78, 5) is 25.8. The Hall–Kier alpha value is -2.28. The quantitative estimate of drug-likeness (QED) is 0.891. The molecule has 0 spiro atoms. The number of likely N-dealkylation sites (tertiary alicyclic amines) is 1. The zero-order valence-electron chi connectivity index (χ0n) is 12.9. The van der Waals surface area contributed by atoms with Gasteiger partial charge in [-0.3, -0.25) is 9.59 Å². The maximum Gasteiger partial charge on any atom is 0.313 e. The van der Waals surface area contributed by atoms with Gasteiger partial charge < -0.3 is 24.2 Å². The maximum absolute atomic E-state index is 12.6. The molecule has 3 rings (SSSR count). The van der Waals surface area contributed by atoms with Crippen LogP contribution < -0.4 is 9.47 Å². The lowest BCUT2D eigenvalue weighted by molar-refractivity contribution is -0.151. The smallest absolute Gasteiger partial charge is 0.313 e. The normalized spacial score (nSPS) is 22.9. The molecule has 1 aromatic rings. The highest BCUT2D eigenvalue weighted by atomic mass is 16.6. The first-order chi connectivity index (χ1) is 11.1. The minimum absolute atomic E-state index is 0.0905. The molecule has 2 aliphatic heterocycles. The fourth-order valence-electron chi connectivity index (χ4n) is 3.04. The Bertz CT molecular complexity index is 631.